The molecular weight excluding hydrogens is 644 g/mol. The number of aliphatic hydroxyl groups is 1. The largest absolute Gasteiger partial charge is 0.497 e. The zero-order chi connectivity index (χ0) is 35.4. The van der Waals surface area contributed by atoms with Crippen molar-refractivity contribution in [3.63, 3.8) is 0 Å². The average Bonchev–Trinajstić information content (AvgIpc) is 3.70. The van der Waals surface area contributed by atoms with E-state index in [0.29, 0.717) is 11.5 Å². The third kappa shape index (κ3) is 6.37. The third-order valence-electron chi connectivity index (χ3n) is 8.63. The number of azide groups is 1. The number of aromatic amines is 1. The SMILES string of the molecule is COc1ccc(C(OC[C@H]2O[C@@H](n3cnc4c(=O)[nH]c(NC(=O)C(C)C)nc43)[C@H](O)[C@@H]2N=[N+]=[N-])(c2ccccc2)c2ccc(OC)cc2)cc1. The molecule has 3 N–H and O–H groups in total. The summed E-state index contributed by atoms with van der Waals surface area (Å²) < 4.78 is 25.6. The molecule has 0 radical (unpaired) electrons. The Kier molecular flexibility index (Phi) is 9.83. The summed E-state index contributed by atoms with van der Waals surface area (Å²) >= 11 is 0. The van der Waals surface area contributed by atoms with Gasteiger partial charge in [-0.3, -0.25) is 24.5 Å². The number of rotatable bonds is 12. The molecule has 0 bridgehead atoms. The first-order valence-corrected chi connectivity index (χ1v) is 15.8. The molecule has 15 nitrogen and oxygen atoms in total. The van der Waals surface area contributed by atoms with Crippen molar-refractivity contribution >= 4 is 23.0 Å². The van der Waals surface area contributed by atoms with Gasteiger partial charge in [-0.15, -0.1) is 0 Å². The molecule has 0 spiro atoms. The van der Waals surface area contributed by atoms with Crippen LogP contribution >= 0.6 is 0 Å². The van der Waals surface area contributed by atoms with E-state index in [1.165, 1.54) is 10.9 Å². The highest BCUT2D eigenvalue weighted by atomic mass is 16.6. The molecule has 1 fully saturated rings. The van der Waals surface area contributed by atoms with Gasteiger partial charge in [0.2, 0.25) is 11.9 Å². The van der Waals surface area contributed by atoms with E-state index in [-0.39, 0.29) is 35.5 Å². The van der Waals surface area contributed by atoms with Crippen molar-refractivity contribution in [2.75, 3.05) is 26.1 Å². The number of nitrogens with one attached hydrogen (secondary N) is 2. The summed E-state index contributed by atoms with van der Waals surface area (Å²) in [5.41, 5.74) is 10.1. The minimum Gasteiger partial charge on any atom is -0.497 e. The number of anilines is 1. The number of nitrogens with zero attached hydrogens (tertiary/aromatic N) is 6. The summed E-state index contributed by atoms with van der Waals surface area (Å²) in [4.78, 5) is 39.3. The lowest BCUT2D eigenvalue weighted by Crippen LogP contribution is -2.39. The molecule has 6 rings (SSSR count). The lowest BCUT2D eigenvalue weighted by molar-refractivity contribution is -0.118. The Morgan fingerprint density at radius 1 is 1.04 bits per heavy atom. The number of fused-ring (bicyclic) bond motifs is 1. The van der Waals surface area contributed by atoms with Gasteiger partial charge >= 0.3 is 0 Å². The molecule has 15 heteroatoms. The highest BCUT2D eigenvalue weighted by molar-refractivity contribution is 5.91. The number of benzene rings is 3. The molecule has 1 amide bonds. The van der Waals surface area contributed by atoms with Crippen LogP contribution in [-0.2, 0) is 19.9 Å². The molecule has 1 aliphatic heterocycles. The lowest BCUT2D eigenvalue weighted by atomic mass is 9.80. The first-order chi connectivity index (χ1) is 24.2. The normalized spacial score (nSPS) is 18.9. The van der Waals surface area contributed by atoms with E-state index in [4.69, 9.17) is 18.9 Å². The van der Waals surface area contributed by atoms with Crippen molar-refractivity contribution in [2.24, 2.45) is 11.0 Å². The molecule has 2 aromatic heterocycles. The molecule has 50 heavy (non-hydrogen) atoms. The fourth-order valence-electron chi connectivity index (χ4n) is 6.01. The monoisotopic (exact) mass is 680 g/mol. The van der Waals surface area contributed by atoms with Crippen LogP contribution in [-0.4, -0.2) is 69.6 Å². The van der Waals surface area contributed by atoms with Crippen LogP contribution in [0.4, 0.5) is 5.95 Å². The van der Waals surface area contributed by atoms with Crippen molar-refractivity contribution < 1.29 is 28.8 Å². The number of H-pyrrole nitrogens is 1. The van der Waals surface area contributed by atoms with Crippen LogP contribution in [0, 0.1) is 5.92 Å². The number of carbonyl (C=O) groups is 1. The molecule has 3 heterocycles. The van der Waals surface area contributed by atoms with E-state index in [0.717, 1.165) is 16.7 Å². The summed E-state index contributed by atoms with van der Waals surface area (Å²) in [5.74, 6) is 0.502. The van der Waals surface area contributed by atoms with Gasteiger partial charge < -0.3 is 24.1 Å². The van der Waals surface area contributed by atoms with Crippen LogP contribution in [0.25, 0.3) is 21.6 Å². The number of aromatic nitrogens is 4. The van der Waals surface area contributed by atoms with Gasteiger partial charge in [-0.2, -0.15) is 4.98 Å². The van der Waals surface area contributed by atoms with Gasteiger partial charge in [0.05, 0.1) is 39.3 Å². The smallest absolute Gasteiger partial charge is 0.280 e. The van der Waals surface area contributed by atoms with E-state index in [2.05, 4.69) is 30.3 Å². The molecule has 0 unspecified atom stereocenters. The number of methoxy groups -OCH3 is 2. The number of hydrogen-bond acceptors (Lipinski definition) is 10. The van der Waals surface area contributed by atoms with Crippen molar-refractivity contribution in [1.29, 1.82) is 0 Å². The molecule has 4 atom stereocenters. The fourth-order valence-corrected chi connectivity index (χ4v) is 6.01. The number of carbonyl (C=O) groups excluding carboxylic acids is 1. The van der Waals surface area contributed by atoms with Crippen LogP contribution < -0.4 is 20.3 Å². The Balaban J connectivity index is 1.40. The van der Waals surface area contributed by atoms with Gasteiger partial charge in [0.1, 0.15) is 23.2 Å². The standard InChI is InChI=1S/C35H36N8O7/c1-20(2)31(45)39-34-38-30-28(32(46)40-34)37-19-43(30)33-29(44)27(41-42-36)26(50-33)18-49-35(21-8-6-5-7-9-21,22-10-14-24(47-3)15-11-22)23-12-16-25(48-4)17-13-23/h5-17,19-20,26-27,29,33,44H,18H2,1-4H3,(H2,38,39,40,45,46)/t26-,27-,29-,33-/m1/s1. The number of hydrogen-bond donors (Lipinski definition) is 3. The van der Waals surface area contributed by atoms with Crippen LogP contribution in [0.2, 0.25) is 0 Å². The Morgan fingerprint density at radius 3 is 2.20 bits per heavy atom. The summed E-state index contributed by atoms with van der Waals surface area (Å²) in [6.45, 7) is 3.25. The van der Waals surface area contributed by atoms with E-state index < -0.39 is 35.6 Å². The Morgan fingerprint density at radius 2 is 1.64 bits per heavy atom. The summed E-state index contributed by atoms with van der Waals surface area (Å²) in [6.07, 6.45) is -2.24. The second-order valence-corrected chi connectivity index (χ2v) is 11.9. The van der Waals surface area contributed by atoms with E-state index in [9.17, 15) is 20.2 Å². The maximum absolute atomic E-state index is 12.9. The van der Waals surface area contributed by atoms with Crippen molar-refractivity contribution in [3.8, 4) is 11.5 Å². The molecule has 1 saturated heterocycles. The van der Waals surface area contributed by atoms with Gasteiger partial charge in [0.25, 0.3) is 5.56 Å². The van der Waals surface area contributed by atoms with Crippen molar-refractivity contribution in [2.45, 2.75) is 43.9 Å². The molecule has 5 aromatic rings. The van der Waals surface area contributed by atoms with E-state index in [1.54, 1.807) is 28.1 Å². The molecule has 0 aliphatic carbocycles. The van der Waals surface area contributed by atoms with Crippen LogP contribution in [0.5, 0.6) is 11.5 Å². The van der Waals surface area contributed by atoms with Crippen LogP contribution in [0.15, 0.2) is 95.1 Å². The molecule has 3 aromatic carbocycles. The lowest BCUT2D eigenvalue weighted by Gasteiger charge is -2.37. The number of imidazole rings is 1. The van der Waals surface area contributed by atoms with E-state index in [1.807, 2.05) is 78.9 Å². The summed E-state index contributed by atoms with van der Waals surface area (Å²) in [7, 11) is 3.18. The summed E-state index contributed by atoms with van der Waals surface area (Å²) in [6, 6.07) is 23.5. The van der Waals surface area contributed by atoms with Gasteiger partial charge in [-0.05, 0) is 46.5 Å². The number of amides is 1. The third-order valence-corrected chi connectivity index (χ3v) is 8.63. The zero-order valence-corrected chi connectivity index (χ0v) is 27.8. The first kappa shape index (κ1) is 34.1. The molecule has 0 saturated carbocycles. The predicted octanol–water partition coefficient (Wildman–Crippen LogP) is 4.68. The van der Waals surface area contributed by atoms with Crippen molar-refractivity contribution in [3.05, 3.63) is 123 Å². The van der Waals surface area contributed by atoms with Gasteiger partial charge in [-0.1, -0.05) is 73.6 Å². The summed E-state index contributed by atoms with van der Waals surface area (Å²) in [5, 5.41) is 18.0. The highest BCUT2D eigenvalue weighted by Gasteiger charge is 2.47. The molecular formula is C35H36N8O7. The predicted molar refractivity (Wildman–Crippen MR) is 183 cm³/mol. The minimum absolute atomic E-state index is 0.0366. The van der Waals surface area contributed by atoms with E-state index >= 15 is 0 Å². The van der Waals surface area contributed by atoms with Gasteiger partial charge in [0, 0.05) is 10.8 Å². The maximum Gasteiger partial charge on any atom is 0.280 e. The Hall–Kier alpha value is -5.73. The fraction of sp³-hybridized carbons (Fsp3) is 0.314. The average molecular weight is 681 g/mol. The number of aliphatic hydroxyl groups excluding tert-OH is 1. The second-order valence-electron chi connectivity index (χ2n) is 11.9. The van der Waals surface area contributed by atoms with Gasteiger partial charge in [0.15, 0.2) is 17.4 Å². The Bertz CT molecular complexity index is 2010. The molecule has 258 valence electrons. The number of ether oxygens (including phenoxy) is 4. The zero-order valence-electron chi connectivity index (χ0n) is 27.8. The molecule has 1 aliphatic rings. The quantitative estimate of drug-likeness (QED) is 0.0725. The maximum atomic E-state index is 12.9. The van der Waals surface area contributed by atoms with Crippen LogP contribution in [0.1, 0.15) is 36.8 Å². The first-order valence-electron chi connectivity index (χ1n) is 15.8. The van der Waals surface area contributed by atoms with Crippen molar-refractivity contribution in [1.82, 2.24) is 19.5 Å². The van der Waals surface area contributed by atoms with Crippen LogP contribution in [0.3, 0.4) is 0 Å². The Labute approximate surface area is 286 Å². The second kappa shape index (κ2) is 14.4. The van der Waals surface area contributed by atoms with Gasteiger partial charge in [-0.25, -0.2) is 4.98 Å². The topological polar surface area (TPSA) is 199 Å². The highest BCUT2D eigenvalue weighted by Crippen LogP contribution is 2.43. The minimum atomic E-state index is -1.39.